The first-order chi connectivity index (χ1) is 14.6. The van der Waals surface area contributed by atoms with Crippen LogP contribution in [0.5, 0.6) is 5.75 Å². The number of anilines is 2. The summed E-state index contributed by atoms with van der Waals surface area (Å²) in [6, 6.07) is 12.7. The lowest BCUT2D eigenvalue weighted by Gasteiger charge is -2.19. The Morgan fingerprint density at radius 2 is 1.71 bits per heavy atom. The van der Waals surface area contributed by atoms with Crippen molar-refractivity contribution >= 4 is 40.5 Å². The van der Waals surface area contributed by atoms with E-state index in [2.05, 4.69) is 36.7 Å². The molecular weight excluding hydrogens is 410 g/mol. The van der Waals surface area contributed by atoms with Gasteiger partial charge in [-0.1, -0.05) is 46.2 Å². The van der Waals surface area contributed by atoms with Crippen LogP contribution in [0.15, 0.2) is 42.5 Å². The number of unbranched alkanes of at least 4 members (excludes halogenated alkanes) is 1. The summed E-state index contributed by atoms with van der Waals surface area (Å²) in [7, 11) is 1.53. The summed E-state index contributed by atoms with van der Waals surface area (Å²) in [5.41, 5.74) is 2.92. The summed E-state index contributed by atoms with van der Waals surface area (Å²) in [6.07, 6.45) is 2.25. The van der Waals surface area contributed by atoms with Gasteiger partial charge in [0.05, 0.1) is 12.8 Å². The molecule has 2 aromatic rings. The normalized spacial score (nSPS) is 10.9. The number of carbonyl (C=O) groups excluding carboxylic acids is 2. The molecule has 2 rings (SSSR count). The highest BCUT2D eigenvalue weighted by molar-refractivity contribution is 7.80. The Kier molecular flexibility index (Phi) is 8.56. The molecule has 2 amide bonds. The molecule has 0 saturated heterocycles. The van der Waals surface area contributed by atoms with E-state index in [9.17, 15) is 9.59 Å². The maximum Gasteiger partial charge on any atom is 0.257 e. The topological polar surface area (TPSA) is 79.5 Å². The number of rotatable bonds is 7. The average molecular weight is 442 g/mol. The molecule has 0 aromatic heterocycles. The minimum atomic E-state index is -0.287. The first-order valence-electron chi connectivity index (χ1n) is 10.3. The molecule has 0 atom stereocenters. The molecule has 0 aliphatic rings. The van der Waals surface area contributed by atoms with Crippen LogP contribution in [0, 0.1) is 0 Å². The van der Waals surface area contributed by atoms with Gasteiger partial charge < -0.3 is 15.4 Å². The lowest BCUT2D eigenvalue weighted by Crippen LogP contribution is -2.34. The smallest absolute Gasteiger partial charge is 0.257 e. The predicted molar refractivity (Wildman–Crippen MR) is 130 cm³/mol. The number of ether oxygens (including phenoxy) is 1. The molecule has 0 spiro atoms. The summed E-state index contributed by atoms with van der Waals surface area (Å²) < 4.78 is 5.38. The van der Waals surface area contributed by atoms with Crippen LogP contribution in [0.3, 0.4) is 0 Å². The number of methoxy groups -OCH3 is 1. The highest BCUT2D eigenvalue weighted by atomic mass is 32.1. The molecule has 0 aliphatic heterocycles. The van der Waals surface area contributed by atoms with E-state index in [-0.39, 0.29) is 22.3 Å². The molecule has 2 aromatic carbocycles. The number of thiocarbonyl (C=S) groups is 1. The van der Waals surface area contributed by atoms with Gasteiger partial charge in [0.15, 0.2) is 5.11 Å². The van der Waals surface area contributed by atoms with Gasteiger partial charge in [-0.15, -0.1) is 0 Å². The van der Waals surface area contributed by atoms with Crippen LogP contribution in [0.25, 0.3) is 0 Å². The molecule has 3 N–H and O–H groups in total. The second-order valence-corrected chi connectivity index (χ2v) is 8.71. The molecule has 7 heteroatoms. The molecule has 31 heavy (non-hydrogen) atoms. The second kappa shape index (κ2) is 10.9. The second-order valence-electron chi connectivity index (χ2n) is 8.30. The molecule has 0 aliphatic carbocycles. The highest BCUT2D eigenvalue weighted by Crippen LogP contribution is 2.28. The summed E-state index contributed by atoms with van der Waals surface area (Å²) in [4.78, 5) is 24.5. The summed E-state index contributed by atoms with van der Waals surface area (Å²) in [6.45, 7) is 8.41. The van der Waals surface area contributed by atoms with E-state index >= 15 is 0 Å². The summed E-state index contributed by atoms with van der Waals surface area (Å²) >= 11 is 5.27. The van der Waals surface area contributed by atoms with Gasteiger partial charge in [0.25, 0.3) is 5.91 Å². The van der Waals surface area contributed by atoms with Gasteiger partial charge in [-0.25, -0.2) is 0 Å². The van der Waals surface area contributed by atoms with Crippen LogP contribution in [0.4, 0.5) is 11.4 Å². The van der Waals surface area contributed by atoms with Crippen molar-refractivity contribution in [1.82, 2.24) is 5.32 Å². The van der Waals surface area contributed by atoms with E-state index in [1.807, 2.05) is 19.1 Å². The summed E-state index contributed by atoms with van der Waals surface area (Å²) in [5.74, 6) is 0.160. The van der Waals surface area contributed by atoms with E-state index in [4.69, 9.17) is 17.0 Å². The van der Waals surface area contributed by atoms with Crippen molar-refractivity contribution in [3.63, 3.8) is 0 Å². The van der Waals surface area contributed by atoms with Crippen molar-refractivity contribution in [2.24, 2.45) is 0 Å². The first-order valence-corrected chi connectivity index (χ1v) is 10.8. The Labute approximate surface area is 189 Å². The average Bonchev–Trinajstić information content (AvgIpc) is 2.72. The maximum atomic E-state index is 12.5. The van der Waals surface area contributed by atoms with Crippen LogP contribution in [0.1, 0.15) is 62.9 Å². The Morgan fingerprint density at radius 1 is 1.03 bits per heavy atom. The van der Waals surface area contributed by atoms with Crippen molar-refractivity contribution in [1.29, 1.82) is 0 Å². The Morgan fingerprint density at radius 3 is 2.29 bits per heavy atom. The van der Waals surface area contributed by atoms with Crippen molar-refractivity contribution in [2.45, 2.75) is 52.4 Å². The van der Waals surface area contributed by atoms with Crippen LogP contribution >= 0.6 is 12.2 Å². The number of carbonyl (C=O) groups is 2. The van der Waals surface area contributed by atoms with E-state index in [1.54, 1.807) is 30.3 Å². The molecule has 0 heterocycles. The zero-order valence-corrected chi connectivity index (χ0v) is 19.6. The van der Waals surface area contributed by atoms with E-state index in [0.717, 1.165) is 18.4 Å². The molecular formula is C24H31N3O3S. The largest absolute Gasteiger partial charge is 0.494 e. The van der Waals surface area contributed by atoms with Gasteiger partial charge in [0.2, 0.25) is 5.91 Å². The molecule has 0 radical (unpaired) electrons. The van der Waals surface area contributed by atoms with Gasteiger partial charge in [0.1, 0.15) is 5.75 Å². The standard InChI is InChI=1S/C24H31N3O3S/c1-6-7-8-21(28)26-19-14-13-18(15-20(19)30-5)25-23(31)27-22(29)16-9-11-17(12-10-16)24(2,3)4/h9-15H,6-8H2,1-5H3,(H,26,28)(H2,25,27,29,31). The highest BCUT2D eigenvalue weighted by Gasteiger charge is 2.15. The molecule has 0 fully saturated rings. The Hall–Kier alpha value is -2.93. The molecule has 0 bridgehead atoms. The van der Waals surface area contributed by atoms with Gasteiger partial charge in [-0.3, -0.25) is 14.9 Å². The number of benzene rings is 2. The van der Waals surface area contributed by atoms with Gasteiger partial charge in [-0.2, -0.15) is 0 Å². The van der Waals surface area contributed by atoms with E-state index in [0.29, 0.717) is 29.1 Å². The maximum absolute atomic E-state index is 12.5. The van der Waals surface area contributed by atoms with Crippen LogP contribution in [0.2, 0.25) is 0 Å². The Bertz CT molecular complexity index is 934. The van der Waals surface area contributed by atoms with E-state index < -0.39 is 0 Å². The zero-order valence-electron chi connectivity index (χ0n) is 18.8. The first kappa shape index (κ1) is 24.3. The van der Waals surface area contributed by atoms with Gasteiger partial charge in [0, 0.05) is 23.7 Å². The fourth-order valence-electron chi connectivity index (χ4n) is 2.88. The van der Waals surface area contributed by atoms with E-state index in [1.165, 1.54) is 7.11 Å². The monoisotopic (exact) mass is 441 g/mol. The SMILES string of the molecule is CCCCC(=O)Nc1ccc(NC(=S)NC(=O)c2ccc(C(C)(C)C)cc2)cc1OC. The van der Waals surface area contributed by atoms with Crippen molar-refractivity contribution in [3.05, 3.63) is 53.6 Å². The van der Waals surface area contributed by atoms with Gasteiger partial charge >= 0.3 is 0 Å². The predicted octanol–water partition coefficient (Wildman–Crippen LogP) is 5.25. The lowest BCUT2D eigenvalue weighted by molar-refractivity contribution is -0.116. The van der Waals surface area contributed by atoms with Crippen molar-refractivity contribution < 1.29 is 14.3 Å². The molecule has 6 nitrogen and oxygen atoms in total. The molecule has 166 valence electrons. The number of hydrogen-bond donors (Lipinski definition) is 3. The molecule has 0 unspecified atom stereocenters. The van der Waals surface area contributed by atoms with Crippen molar-refractivity contribution in [3.8, 4) is 5.75 Å². The number of nitrogens with one attached hydrogen (secondary N) is 3. The van der Waals surface area contributed by atoms with Crippen LogP contribution in [-0.4, -0.2) is 24.0 Å². The quantitative estimate of drug-likeness (QED) is 0.512. The number of amides is 2. The third kappa shape index (κ3) is 7.36. The fraction of sp³-hybridized carbons (Fsp3) is 0.375. The van der Waals surface area contributed by atoms with Gasteiger partial charge in [-0.05, 0) is 53.9 Å². The fourth-order valence-corrected chi connectivity index (χ4v) is 3.09. The Balaban J connectivity index is 1.99. The lowest BCUT2D eigenvalue weighted by atomic mass is 9.87. The minimum Gasteiger partial charge on any atom is -0.494 e. The third-order valence-electron chi connectivity index (χ3n) is 4.73. The minimum absolute atomic E-state index is 0.0204. The molecule has 0 saturated carbocycles. The number of hydrogen-bond acceptors (Lipinski definition) is 4. The third-order valence-corrected chi connectivity index (χ3v) is 4.94. The van der Waals surface area contributed by atoms with Crippen molar-refractivity contribution in [2.75, 3.05) is 17.7 Å². The zero-order chi connectivity index (χ0) is 23.0. The van der Waals surface area contributed by atoms with Crippen LogP contribution in [-0.2, 0) is 10.2 Å². The van der Waals surface area contributed by atoms with Crippen LogP contribution < -0.4 is 20.7 Å². The summed E-state index contributed by atoms with van der Waals surface area (Å²) in [5, 5.41) is 8.68.